The maximum Gasteiger partial charge on any atom is 0.208 e. The van der Waals surface area contributed by atoms with Crippen molar-refractivity contribution in [2.45, 2.75) is 19.9 Å². The zero-order valence-electron chi connectivity index (χ0n) is 11.7. The Morgan fingerprint density at radius 2 is 2.25 bits per heavy atom. The van der Waals surface area contributed by atoms with Gasteiger partial charge in [0.25, 0.3) is 0 Å². The van der Waals surface area contributed by atoms with Crippen LogP contribution < -0.4 is 5.32 Å². The van der Waals surface area contributed by atoms with Crippen LogP contribution in [0.2, 0.25) is 5.02 Å². The number of nitrogens with zero attached hydrogens (tertiary/aromatic N) is 2. The highest BCUT2D eigenvalue weighted by Gasteiger charge is 2.12. The smallest absolute Gasteiger partial charge is 0.208 e. The summed E-state index contributed by atoms with van der Waals surface area (Å²) in [5.41, 5.74) is 1.93. The standard InChI is InChI=1S/C14H17BrClN3O/c1-9-7-19(13-5-4-11(16)6-12(13)15)14(17-9)18-10(2)8-20-3/h4-7,10H,8H2,1-3H3,(H,17,18). The van der Waals surface area contributed by atoms with E-state index in [-0.39, 0.29) is 6.04 Å². The Balaban J connectivity index is 2.36. The van der Waals surface area contributed by atoms with Crippen molar-refractivity contribution >= 4 is 33.5 Å². The van der Waals surface area contributed by atoms with Crippen LogP contribution in [-0.4, -0.2) is 29.3 Å². The van der Waals surface area contributed by atoms with Gasteiger partial charge in [0, 0.05) is 28.8 Å². The van der Waals surface area contributed by atoms with Crippen LogP contribution in [0, 0.1) is 6.92 Å². The number of rotatable bonds is 5. The van der Waals surface area contributed by atoms with Crippen molar-refractivity contribution in [1.82, 2.24) is 9.55 Å². The van der Waals surface area contributed by atoms with Crippen molar-refractivity contribution in [1.29, 1.82) is 0 Å². The maximum atomic E-state index is 5.99. The number of nitrogens with one attached hydrogen (secondary N) is 1. The molecular formula is C14H17BrClN3O. The minimum atomic E-state index is 0.173. The number of aryl methyl sites for hydroxylation is 1. The van der Waals surface area contributed by atoms with Crippen molar-refractivity contribution in [3.8, 4) is 5.69 Å². The quantitative estimate of drug-likeness (QED) is 0.876. The Morgan fingerprint density at radius 3 is 2.90 bits per heavy atom. The highest BCUT2D eigenvalue weighted by atomic mass is 79.9. The Labute approximate surface area is 132 Å². The van der Waals surface area contributed by atoms with E-state index in [0.29, 0.717) is 11.6 Å². The number of benzene rings is 1. The van der Waals surface area contributed by atoms with Crippen molar-refractivity contribution in [3.63, 3.8) is 0 Å². The Kier molecular flexibility index (Phi) is 5.07. The van der Waals surface area contributed by atoms with Crippen LogP contribution in [0.5, 0.6) is 0 Å². The Morgan fingerprint density at radius 1 is 1.50 bits per heavy atom. The molecule has 2 aromatic rings. The number of anilines is 1. The number of ether oxygens (including phenoxy) is 1. The summed E-state index contributed by atoms with van der Waals surface area (Å²) in [5, 5.41) is 4.04. The third-order valence-corrected chi connectivity index (χ3v) is 3.66. The fraction of sp³-hybridized carbons (Fsp3) is 0.357. The Bertz CT molecular complexity index is 600. The molecule has 0 amide bonds. The second kappa shape index (κ2) is 6.61. The van der Waals surface area contributed by atoms with Crippen LogP contribution in [0.15, 0.2) is 28.9 Å². The average molecular weight is 359 g/mol. The molecule has 2 rings (SSSR count). The summed E-state index contributed by atoms with van der Waals surface area (Å²) in [7, 11) is 1.69. The van der Waals surface area contributed by atoms with Crippen LogP contribution >= 0.6 is 27.5 Å². The normalized spacial score (nSPS) is 12.4. The number of hydrogen-bond donors (Lipinski definition) is 1. The molecule has 1 N–H and O–H groups in total. The molecule has 0 aliphatic heterocycles. The molecule has 0 aliphatic rings. The molecule has 0 saturated heterocycles. The van der Waals surface area contributed by atoms with Gasteiger partial charge in [-0.1, -0.05) is 11.6 Å². The largest absolute Gasteiger partial charge is 0.383 e. The fourth-order valence-electron chi connectivity index (χ4n) is 1.97. The first kappa shape index (κ1) is 15.4. The van der Waals surface area contributed by atoms with E-state index in [4.69, 9.17) is 16.3 Å². The molecule has 0 saturated carbocycles. The molecule has 6 heteroatoms. The summed E-state index contributed by atoms with van der Waals surface area (Å²) in [4.78, 5) is 4.52. The molecule has 0 radical (unpaired) electrons. The summed E-state index contributed by atoms with van der Waals surface area (Å²) in [6.07, 6.45) is 1.98. The second-order valence-corrected chi connectivity index (χ2v) is 5.96. The summed E-state index contributed by atoms with van der Waals surface area (Å²) in [5.74, 6) is 0.787. The zero-order chi connectivity index (χ0) is 14.7. The van der Waals surface area contributed by atoms with E-state index in [1.54, 1.807) is 7.11 Å². The highest BCUT2D eigenvalue weighted by Crippen LogP contribution is 2.27. The average Bonchev–Trinajstić information content (AvgIpc) is 2.70. The van der Waals surface area contributed by atoms with E-state index in [0.717, 1.165) is 21.8 Å². The minimum absolute atomic E-state index is 0.173. The topological polar surface area (TPSA) is 39.1 Å². The first-order valence-electron chi connectivity index (χ1n) is 6.28. The fourth-order valence-corrected chi connectivity index (χ4v) is 2.85. The van der Waals surface area contributed by atoms with E-state index in [2.05, 4.69) is 33.2 Å². The lowest BCUT2D eigenvalue weighted by atomic mass is 10.3. The predicted octanol–water partition coefficient (Wildman–Crippen LogP) is 4.04. The first-order chi connectivity index (χ1) is 9.51. The number of imidazole rings is 1. The van der Waals surface area contributed by atoms with Crippen molar-refractivity contribution < 1.29 is 4.74 Å². The summed E-state index contributed by atoms with van der Waals surface area (Å²) < 4.78 is 8.06. The van der Waals surface area contributed by atoms with Gasteiger partial charge in [-0.25, -0.2) is 4.98 Å². The van der Waals surface area contributed by atoms with E-state index in [1.165, 1.54) is 0 Å². The van der Waals surface area contributed by atoms with Gasteiger partial charge < -0.3 is 10.1 Å². The molecular weight excluding hydrogens is 342 g/mol. The van der Waals surface area contributed by atoms with Crippen molar-refractivity contribution in [2.75, 3.05) is 19.0 Å². The molecule has 0 fully saturated rings. The highest BCUT2D eigenvalue weighted by molar-refractivity contribution is 9.10. The monoisotopic (exact) mass is 357 g/mol. The molecule has 1 aromatic heterocycles. The van der Waals surface area contributed by atoms with Gasteiger partial charge in [-0.05, 0) is 48.0 Å². The zero-order valence-corrected chi connectivity index (χ0v) is 14.0. The molecule has 1 unspecified atom stereocenters. The molecule has 108 valence electrons. The lowest BCUT2D eigenvalue weighted by Crippen LogP contribution is -2.22. The van der Waals surface area contributed by atoms with E-state index in [1.807, 2.05) is 35.9 Å². The van der Waals surface area contributed by atoms with E-state index in [9.17, 15) is 0 Å². The van der Waals surface area contributed by atoms with Gasteiger partial charge in [-0.3, -0.25) is 4.57 Å². The van der Waals surface area contributed by atoms with Crippen LogP contribution in [0.1, 0.15) is 12.6 Å². The van der Waals surface area contributed by atoms with Crippen molar-refractivity contribution in [2.24, 2.45) is 0 Å². The molecule has 1 atom stereocenters. The van der Waals surface area contributed by atoms with Gasteiger partial charge in [-0.2, -0.15) is 0 Å². The van der Waals surface area contributed by atoms with Gasteiger partial charge in [0.1, 0.15) is 0 Å². The third kappa shape index (κ3) is 3.53. The molecule has 0 spiro atoms. The molecule has 0 aliphatic carbocycles. The van der Waals surface area contributed by atoms with Crippen molar-refractivity contribution in [3.05, 3.63) is 39.6 Å². The van der Waals surface area contributed by atoms with Crippen LogP contribution in [0.3, 0.4) is 0 Å². The second-order valence-electron chi connectivity index (χ2n) is 4.67. The van der Waals surface area contributed by atoms with Crippen LogP contribution in [0.4, 0.5) is 5.95 Å². The maximum absolute atomic E-state index is 5.99. The lowest BCUT2D eigenvalue weighted by Gasteiger charge is -2.16. The van der Waals surface area contributed by atoms with Gasteiger partial charge in [-0.15, -0.1) is 0 Å². The number of hydrogen-bond acceptors (Lipinski definition) is 3. The van der Waals surface area contributed by atoms with Gasteiger partial charge in [0.2, 0.25) is 5.95 Å². The summed E-state index contributed by atoms with van der Waals surface area (Å²) in [6.45, 7) is 4.63. The van der Waals surface area contributed by atoms with Gasteiger partial charge in [0.15, 0.2) is 0 Å². The summed E-state index contributed by atoms with van der Waals surface area (Å²) >= 11 is 9.53. The van der Waals surface area contributed by atoms with Crippen LogP contribution in [0.25, 0.3) is 5.69 Å². The van der Waals surface area contributed by atoms with Crippen LogP contribution in [-0.2, 0) is 4.74 Å². The molecule has 0 bridgehead atoms. The SMILES string of the molecule is COCC(C)Nc1nc(C)cn1-c1ccc(Cl)cc1Br. The Hall–Kier alpha value is -1.04. The third-order valence-electron chi connectivity index (χ3n) is 2.79. The molecule has 4 nitrogen and oxygen atoms in total. The summed E-state index contributed by atoms with van der Waals surface area (Å²) in [6, 6.07) is 5.86. The lowest BCUT2D eigenvalue weighted by molar-refractivity contribution is 0.190. The van der Waals surface area contributed by atoms with Gasteiger partial charge in [0.05, 0.1) is 18.0 Å². The number of methoxy groups -OCH3 is 1. The number of aromatic nitrogens is 2. The van der Waals surface area contributed by atoms with E-state index >= 15 is 0 Å². The minimum Gasteiger partial charge on any atom is -0.383 e. The van der Waals surface area contributed by atoms with Gasteiger partial charge >= 0.3 is 0 Å². The molecule has 1 heterocycles. The first-order valence-corrected chi connectivity index (χ1v) is 7.45. The molecule has 1 aromatic carbocycles. The predicted molar refractivity (Wildman–Crippen MR) is 86.0 cm³/mol. The number of halogens is 2. The van der Waals surface area contributed by atoms with E-state index < -0.39 is 0 Å². The molecule has 20 heavy (non-hydrogen) atoms.